The van der Waals surface area contributed by atoms with E-state index in [-0.39, 0.29) is 18.4 Å². The van der Waals surface area contributed by atoms with Crippen LogP contribution < -0.4 is 5.73 Å². The maximum absolute atomic E-state index is 12.3. The highest BCUT2D eigenvalue weighted by Crippen LogP contribution is 2.28. The first-order valence-electron chi connectivity index (χ1n) is 6.23. The van der Waals surface area contributed by atoms with E-state index in [1.165, 1.54) is 4.90 Å². The maximum atomic E-state index is 12.3. The third-order valence-electron chi connectivity index (χ3n) is 3.45. The summed E-state index contributed by atoms with van der Waals surface area (Å²) in [5, 5.41) is 4.21. The average molecular weight is 270 g/mol. The summed E-state index contributed by atoms with van der Waals surface area (Å²) in [6.07, 6.45) is 0. The first-order chi connectivity index (χ1) is 9.49. The SMILES string of the molecule is Cc1cc(CN2C(=O)c3cccc(N)c3C2=O)n(C)n1. The van der Waals surface area contributed by atoms with Gasteiger partial charge in [0.15, 0.2) is 0 Å². The van der Waals surface area contributed by atoms with Gasteiger partial charge in [-0.3, -0.25) is 19.2 Å². The van der Waals surface area contributed by atoms with Crippen LogP contribution in [0.5, 0.6) is 0 Å². The van der Waals surface area contributed by atoms with Crippen LogP contribution in [-0.4, -0.2) is 26.5 Å². The molecule has 0 spiro atoms. The van der Waals surface area contributed by atoms with Gasteiger partial charge in [0.25, 0.3) is 11.8 Å². The highest BCUT2D eigenvalue weighted by Gasteiger charge is 2.37. The molecule has 0 saturated heterocycles. The molecule has 0 saturated carbocycles. The van der Waals surface area contributed by atoms with Crippen molar-refractivity contribution >= 4 is 17.5 Å². The van der Waals surface area contributed by atoms with Crippen LogP contribution in [-0.2, 0) is 13.6 Å². The summed E-state index contributed by atoms with van der Waals surface area (Å²) in [5.41, 5.74) is 8.45. The van der Waals surface area contributed by atoms with Crippen LogP contribution in [0.15, 0.2) is 24.3 Å². The minimum atomic E-state index is -0.345. The van der Waals surface area contributed by atoms with E-state index in [1.54, 1.807) is 29.9 Å². The molecule has 0 bridgehead atoms. The van der Waals surface area contributed by atoms with Gasteiger partial charge < -0.3 is 5.73 Å². The van der Waals surface area contributed by atoms with Crippen molar-refractivity contribution in [2.75, 3.05) is 5.73 Å². The smallest absolute Gasteiger partial charge is 0.264 e. The zero-order valence-corrected chi connectivity index (χ0v) is 11.3. The lowest BCUT2D eigenvalue weighted by molar-refractivity contribution is 0.0639. The fourth-order valence-electron chi connectivity index (χ4n) is 2.48. The number of anilines is 1. The van der Waals surface area contributed by atoms with Crippen LogP contribution in [0.3, 0.4) is 0 Å². The number of fused-ring (bicyclic) bond motifs is 1. The summed E-state index contributed by atoms with van der Waals surface area (Å²) in [6, 6.07) is 6.78. The van der Waals surface area contributed by atoms with E-state index >= 15 is 0 Å². The summed E-state index contributed by atoms with van der Waals surface area (Å²) < 4.78 is 1.67. The van der Waals surface area contributed by atoms with Crippen molar-refractivity contribution in [3.05, 3.63) is 46.8 Å². The van der Waals surface area contributed by atoms with Crippen LogP contribution in [0.1, 0.15) is 32.1 Å². The molecule has 2 amide bonds. The van der Waals surface area contributed by atoms with Crippen molar-refractivity contribution in [3.63, 3.8) is 0 Å². The number of aromatic nitrogens is 2. The number of carbonyl (C=O) groups is 2. The topological polar surface area (TPSA) is 81.2 Å². The number of aryl methyl sites for hydroxylation is 2. The van der Waals surface area contributed by atoms with Crippen molar-refractivity contribution in [1.82, 2.24) is 14.7 Å². The predicted molar refractivity (Wildman–Crippen MR) is 73.0 cm³/mol. The Hall–Kier alpha value is -2.63. The number of benzene rings is 1. The number of nitrogens with zero attached hydrogens (tertiary/aromatic N) is 3. The van der Waals surface area contributed by atoms with E-state index in [4.69, 9.17) is 5.73 Å². The summed E-state index contributed by atoms with van der Waals surface area (Å²) >= 11 is 0. The largest absolute Gasteiger partial charge is 0.398 e. The van der Waals surface area contributed by atoms with Gasteiger partial charge >= 0.3 is 0 Å². The van der Waals surface area contributed by atoms with Gasteiger partial charge in [-0.15, -0.1) is 0 Å². The second-order valence-corrected chi connectivity index (χ2v) is 4.87. The van der Waals surface area contributed by atoms with E-state index in [1.807, 2.05) is 13.0 Å². The number of imide groups is 1. The lowest BCUT2D eigenvalue weighted by atomic mass is 10.1. The van der Waals surface area contributed by atoms with Crippen molar-refractivity contribution < 1.29 is 9.59 Å². The highest BCUT2D eigenvalue weighted by atomic mass is 16.2. The number of hydrogen-bond donors (Lipinski definition) is 1. The van der Waals surface area contributed by atoms with Crippen molar-refractivity contribution in [3.8, 4) is 0 Å². The van der Waals surface area contributed by atoms with Crippen molar-refractivity contribution in [2.24, 2.45) is 7.05 Å². The Kier molecular flexibility index (Phi) is 2.60. The van der Waals surface area contributed by atoms with E-state index < -0.39 is 0 Å². The Balaban J connectivity index is 1.98. The molecular weight excluding hydrogens is 256 g/mol. The van der Waals surface area contributed by atoms with Crippen LogP contribution in [0.4, 0.5) is 5.69 Å². The summed E-state index contributed by atoms with van der Waals surface area (Å²) in [6.45, 7) is 2.06. The number of nitrogen functional groups attached to an aromatic ring is 1. The highest BCUT2D eigenvalue weighted by molar-refractivity contribution is 6.23. The van der Waals surface area contributed by atoms with Gasteiger partial charge in [0.1, 0.15) is 0 Å². The molecular formula is C14H14N4O2. The molecule has 0 aliphatic carbocycles. The Morgan fingerprint density at radius 2 is 2.00 bits per heavy atom. The standard InChI is InChI=1S/C14H14N4O2/c1-8-6-9(17(2)16-8)7-18-13(19)10-4-3-5-11(15)12(10)14(18)20/h3-6H,7,15H2,1-2H3. The molecule has 6 nitrogen and oxygen atoms in total. The number of carbonyl (C=O) groups excluding carboxylic acids is 2. The van der Waals surface area contributed by atoms with Crippen LogP contribution >= 0.6 is 0 Å². The fraction of sp³-hybridized carbons (Fsp3) is 0.214. The summed E-state index contributed by atoms with van der Waals surface area (Å²) in [4.78, 5) is 25.9. The maximum Gasteiger partial charge on any atom is 0.264 e. The molecule has 1 aromatic carbocycles. The fourth-order valence-corrected chi connectivity index (χ4v) is 2.48. The molecule has 2 aromatic rings. The first-order valence-corrected chi connectivity index (χ1v) is 6.23. The van der Waals surface area contributed by atoms with E-state index in [0.29, 0.717) is 16.8 Å². The van der Waals surface area contributed by atoms with Crippen molar-refractivity contribution in [1.29, 1.82) is 0 Å². The molecule has 20 heavy (non-hydrogen) atoms. The van der Waals surface area contributed by atoms with Gasteiger partial charge in [-0.2, -0.15) is 5.10 Å². The third-order valence-corrected chi connectivity index (χ3v) is 3.45. The van der Waals surface area contributed by atoms with Crippen LogP contribution in [0, 0.1) is 6.92 Å². The molecule has 2 heterocycles. The molecule has 3 rings (SSSR count). The molecule has 0 fully saturated rings. The Labute approximate surface area is 115 Å². The third kappa shape index (κ3) is 1.69. The van der Waals surface area contributed by atoms with Gasteiger partial charge in [0, 0.05) is 12.7 Å². The Bertz CT molecular complexity index is 733. The van der Waals surface area contributed by atoms with Crippen molar-refractivity contribution in [2.45, 2.75) is 13.5 Å². The minimum absolute atomic E-state index is 0.198. The van der Waals surface area contributed by atoms with E-state index in [9.17, 15) is 9.59 Å². The molecule has 1 aliphatic heterocycles. The zero-order valence-electron chi connectivity index (χ0n) is 11.3. The number of nitrogens with two attached hydrogens (primary N) is 1. The molecule has 0 atom stereocenters. The minimum Gasteiger partial charge on any atom is -0.398 e. The quantitative estimate of drug-likeness (QED) is 0.654. The lowest BCUT2D eigenvalue weighted by Crippen LogP contribution is -2.30. The predicted octanol–water partition coefficient (Wildman–Crippen LogP) is 1.11. The van der Waals surface area contributed by atoms with E-state index in [0.717, 1.165) is 11.4 Å². The van der Waals surface area contributed by atoms with Gasteiger partial charge in [0.05, 0.1) is 29.1 Å². The molecule has 1 aromatic heterocycles. The molecule has 0 radical (unpaired) electrons. The van der Waals surface area contributed by atoms with Gasteiger partial charge in [-0.05, 0) is 25.1 Å². The van der Waals surface area contributed by atoms with Crippen LogP contribution in [0.2, 0.25) is 0 Å². The lowest BCUT2D eigenvalue weighted by Gasteiger charge is -2.13. The van der Waals surface area contributed by atoms with Gasteiger partial charge in [-0.25, -0.2) is 0 Å². The monoisotopic (exact) mass is 270 g/mol. The number of rotatable bonds is 2. The molecule has 1 aliphatic rings. The number of hydrogen-bond acceptors (Lipinski definition) is 4. The average Bonchev–Trinajstić information content (AvgIpc) is 2.83. The molecule has 2 N–H and O–H groups in total. The van der Waals surface area contributed by atoms with Gasteiger partial charge in [0.2, 0.25) is 0 Å². The second-order valence-electron chi connectivity index (χ2n) is 4.87. The van der Waals surface area contributed by atoms with Gasteiger partial charge in [-0.1, -0.05) is 6.07 Å². The van der Waals surface area contributed by atoms with Crippen LogP contribution in [0.25, 0.3) is 0 Å². The second kappa shape index (κ2) is 4.19. The normalized spacial score (nSPS) is 14.0. The molecule has 102 valence electrons. The Morgan fingerprint density at radius 1 is 1.25 bits per heavy atom. The summed E-state index contributed by atoms with van der Waals surface area (Å²) in [5.74, 6) is -0.655. The molecule has 0 unspecified atom stereocenters. The summed E-state index contributed by atoms with van der Waals surface area (Å²) in [7, 11) is 1.79. The zero-order chi connectivity index (χ0) is 14.4. The first kappa shape index (κ1) is 12.4. The molecule has 6 heteroatoms. The number of amides is 2. The Morgan fingerprint density at radius 3 is 2.60 bits per heavy atom. The van der Waals surface area contributed by atoms with E-state index in [2.05, 4.69) is 5.10 Å².